The fourth-order valence-corrected chi connectivity index (χ4v) is 4.46. The van der Waals surface area contributed by atoms with E-state index in [2.05, 4.69) is 6.58 Å². The van der Waals surface area contributed by atoms with Gasteiger partial charge in [0.1, 0.15) is 11.4 Å². The van der Waals surface area contributed by atoms with Gasteiger partial charge in [0.25, 0.3) is 0 Å². The SMILES string of the molecule is C=CC(C)(C)Oc1ccc(S(=O)(=O)C2CCCCC2)cc1. The zero-order valence-electron chi connectivity index (χ0n) is 12.8. The summed E-state index contributed by atoms with van der Waals surface area (Å²) in [4.78, 5) is 0.401. The van der Waals surface area contributed by atoms with Gasteiger partial charge in [-0.2, -0.15) is 0 Å². The zero-order chi connectivity index (χ0) is 15.5. The monoisotopic (exact) mass is 308 g/mol. The highest BCUT2D eigenvalue weighted by Gasteiger charge is 2.28. The van der Waals surface area contributed by atoms with Gasteiger partial charge in [-0.3, -0.25) is 0 Å². The van der Waals surface area contributed by atoms with E-state index in [9.17, 15) is 8.42 Å². The minimum atomic E-state index is -3.20. The van der Waals surface area contributed by atoms with Crippen molar-refractivity contribution in [2.75, 3.05) is 0 Å². The highest BCUT2D eigenvalue weighted by molar-refractivity contribution is 7.92. The molecular weight excluding hydrogens is 284 g/mol. The molecule has 116 valence electrons. The molecule has 1 aliphatic carbocycles. The molecular formula is C17H24O3S. The van der Waals surface area contributed by atoms with Crippen LogP contribution in [0.4, 0.5) is 0 Å². The number of ether oxygens (including phenoxy) is 1. The Labute approximate surface area is 127 Å². The minimum Gasteiger partial charge on any atom is -0.484 e. The van der Waals surface area contributed by atoms with E-state index in [1.165, 1.54) is 0 Å². The summed E-state index contributed by atoms with van der Waals surface area (Å²) in [5.41, 5.74) is -0.468. The second-order valence-corrected chi connectivity index (χ2v) is 8.41. The molecule has 0 amide bonds. The molecule has 1 aromatic carbocycles. The number of hydrogen-bond acceptors (Lipinski definition) is 3. The van der Waals surface area contributed by atoms with Crippen molar-refractivity contribution in [2.45, 2.75) is 61.7 Å². The first-order valence-corrected chi connectivity index (χ1v) is 9.06. The summed E-state index contributed by atoms with van der Waals surface area (Å²) < 4.78 is 30.9. The van der Waals surface area contributed by atoms with Crippen LogP contribution in [0.3, 0.4) is 0 Å². The maximum absolute atomic E-state index is 12.6. The van der Waals surface area contributed by atoms with Gasteiger partial charge in [-0.05, 0) is 57.0 Å². The first-order valence-electron chi connectivity index (χ1n) is 7.52. The molecule has 1 saturated carbocycles. The Morgan fingerprint density at radius 1 is 1.14 bits per heavy atom. The second kappa shape index (κ2) is 6.22. The van der Waals surface area contributed by atoms with Gasteiger partial charge in [-0.15, -0.1) is 0 Å². The molecule has 4 heteroatoms. The molecule has 0 atom stereocenters. The van der Waals surface area contributed by atoms with E-state index in [0.717, 1.165) is 32.1 Å². The molecule has 0 unspecified atom stereocenters. The maximum Gasteiger partial charge on any atom is 0.181 e. The summed E-state index contributed by atoms with van der Waals surface area (Å²) >= 11 is 0. The fourth-order valence-electron chi connectivity index (χ4n) is 2.61. The third-order valence-corrected chi connectivity index (χ3v) is 6.29. The van der Waals surface area contributed by atoms with E-state index in [0.29, 0.717) is 10.6 Å². The van der Waals surface area contributed by atoms with Gasteiger partial charge in [0, 0.05) is 0 Å². The van der Waals surface area contributed by atoms with Crippen molar-refractivity contribution in [1.29, 1.82) is 0 Å². The molecule has 0 aromatic heterocycles. The fraction of sp³-hybridized carbons (Fsp3) is 0.529. The van der Waals surface area contributed by atoms with Crippen LogP contribution in [0.15, 0.2) is 41.8 Å². The number of sulfone groups is 1. The third kappa shape index (κ3) is 3.88. The van der Waals surface area contributed by atoms with Crippen LogP contribution in [0.1, 0.15) is 46.0 Å². The smallest absolute Gasteiger partial charge is 0.181 e. The molecule has 0 radical (unpaired) electrons. The van der Waals surface area contributed by atoms with Crippen molar-refractivity contribution in [1.82, 2.24) is 0 Å². The lowest BCUT2D eigenvalue weighted by molar-refractivity contribution is 0.162. The summed E-state index contributed by atoms with van der Waals surface area (Å²) in [5.74, 6) is 0.655. The highest BCUT2D eigenvalue weighted by atomic mass is 32.2. The summed E-state index contributed by atoms with van der Waals surface area (Å²) in [7, 11) is -3.20. The molecule has 0 saturated heterocycles. The lowest BCUT2D eigenvalue weighted by Gasteiger charge is -2.23. The minimum absolute atomic E-state index is 0.220. The molecule has 2 rings (SSSR count). The summed E-state index contributed by atoms with van der Waals surface area (Å²) in [6.07, 6.45) is 6.46. The van der Waals surface area contributed by atoms with Crippen LogP contribution in [0.2, 0.25) is 0 Å². The average molecular weight is 308 g/mol. The van der Waals surface area contributed by atoms with Crippen LogP contribution in [-0.2, 0) is 9.84 Å². The van der Waals surface area contributed by atoms with Crippen molar-refractivity contribution in [3.05, 3.63) is 36.9 Å². The number of benzene rings is 1. The van der Waals surface area contributed by atoms with E-state index in [1.807, 2.05) is 13.8 Å². The maximum atomic E-state index is 12.6. The zero-order valence-corrected chi connectivity index (χ0v) is 13.7. The summed E-state index contributed by atoms with van der Waals surface area (Å²) in [6, 6.07) is 6.75. The van der Waals surface area contributed by atoms with E-state index >= 15 is 0 Å². The van der Waals surface area contributed by atoms with E-state index in [-0.39, 0.29) is 5.25 Å². The van der Waals surface area contributed by atoms with Crippen LogP contribution >= 0.6 is 0 Å². The molecule has 21 heavy (non-hydrogen) atoms. The molecule has 0 heterocycles. The lowest BCUT2D eigenvalue weighted by Crippen LogP contribution is -2.25. The Bertz CT molecular complexity index is 579. The predicted molar refractivity (Wildman–Crippen MR) is 85.4 cm³/mol. The molecule has 3 nitrogen and oxygen atoms in total. The van der Waals surface area contributed by atoms with E-state index in [4.69, 9.17) is 4.74 Å². The Hall–Kier alpha value is -1.29. The van der Waals surface area contributed by atoms with Gasteiger partial charge in [-0.25, -0.2) is 8.42 Å². The van der Waals surface area contributed by atoms with Crippen LogP contribution in [0, 0.1) is 0 Å². The van der Waals surface area contributed by atoms with Crippen molar-refractivity contribution >= 4 is 9.84 Å². The number of rotatable bonds is 5. The summed E-state index contributed by atoms with van der Waals surface area (Å²) in [6.45, 7) is 7.54. The van der Waals surface area contributed by atoms with Gasteiger partial charge >= 0.3 is 0 Å². The molecule has 1 aromatic rings. The third-order valence-electron chi connectivity index (χ3n) is 4.02. The van der Waals surface area contributed by atoms with E-state index in [1.54, 1.807) is 30.3 Å². The van der Waals surface area contributed by atoms with Gasteiger partial charge < -0.3 is 4.74 Å². The first kappa shape index (κ1) is 16.1. The first-order chi connectivity index (χ1) is 9.85. The van der Waals surface area contributed by atoms with Crippen molar-refractivity contribution < 1.29 is 13.2 Å². The molecule has 1 aliphatic rings. The standard InChI is InChI=1S/C17H24O3S/c1-4-17(2,3)20-14-10-12-16(13-11-14)21(18,19)15-8-6-5-7-9-15/h4,10-13,15H,1,5-9H2,2-3H3. The Kier molecular flexibility index (Phi) is 4.77. The van der Waals surface area contributed by atoms with Crippen molar-refractivity contribution in [3.63, 3.8) is 0 Å². The Balaban J connectivity index is 2.16. The molecule has 0 N–H and O–H groups in total. The van der Waals surface area contributed by atoms with E-state index < -0.39 is 15.4 Å². The van der Waals surface area contributed by atoms with Crippen LogP contribution in [-0.4, -0.2) is 19.3 Å². The number of hydrogen-bond donors (Lipinski definition) is 0. The second-order valence-electron chi connectivity index (χ2n) is 6.19. The average Bonchev–Trinajstić information content (AvgIpc) is 2.48. The molecule has 0 spiro atoms. The van der Waals surface area contributed by atoms with Crippen LogP contribution in [0.25, 0.3) is 0 Å². The topological polar surface area (TPSA) is 43.4 Å². The Morgan fingerprint density at radius 3 is 2.24 bits per heavy atom. The normalized spacial score (nSPS) is 17.4. The molecule has 0 aliphatic heterocycles. The van der Waals surface area contributed by atoms with Gasteiger partial charge in [-0.1, -0.05) is 25.8 Å². The lowest BCUT2D eigenvalue weighted by atomic mass is 10.0. The van der Waals surface area contributed by atoms with Crippen LogP contribution in [0.5, 0.6) is 5.75 Å². The predicted octanol–water partition coefficient (Wildman–Crippen LogP) is 4.14. The van der Waals surface area contributed by atoms with Crippen LogP contribution < -0.4 is 4.74 Å². The highest BCUT2D eigenvalue weighted by Crippen LogP contribution is 2.30. The van der Waals surface area contributed by atoms with Gasteiger partial charge in [0.05, 0.1) is 10.1 Å². The molecule has 1 fully saturated rings. The Morgan fingerprint density at radius 2 is 1.71 bits per heavy atom. The summed E-state index contributed by atoms with van der Waals surface area (Å²) in [5, 5.41) is -0.220. The van der Waals surface area contributed by atoms with Gasteiger partial charge in [0.15, 0.2) is 9.84 Å². The molecule has 0 bridgehead atoms. The quantitative estimate of drug-likeness (QED) is 0.768. The van der Waals surface area contributed by atoms with Crippen molar-refractivity contribution in [3.8, 4) is 5.75 Å². The van der Waals surface area contributed by atoms with Gasteiger partial charge in [0.2, 0.25) is 0 Å². The largest absolute Gasteiger partial charge is 0.484 e. The van der Waals surface area contributed by atoms with Crippen molar-refractivity contribution in [2.24, 2.45) is 0 Å².